The number of H-pyrrole nitrogens is 1. The number of hydrogen-bond donors (Lipinski definition) is 2. The van der Waals surface area contributed by atoms with E-state index in [-0.39, 0.29) is 5.91 Å². The van der Waals surface area contributed by atoms with Crippen LogP contribution in [0.2, 0.25) is 0 Å². The molecule has 0 saturated carbocycles. The predicted octanol–water partition coefficient (Wildman–Crippen LogP) is 4.79. The van der Waals surface area contributed by atoms with E-state index < -0.39 is 0 Å². The van der Waals surface area contributed by atoms with Gasteiger partial charge in [-0.3, -0.25) is 9.78 Å². The number of nitrogens with one attached hydrogen (secondary N) is 2. The molecule has 152 valence electrons. The third-order valence-electron chi connectivity index (χ3n) is 5.04. The molecule has 4 rings (SSSR count). The lowest BCUT2D eigenvalue weighted by atomic mass is 10.1. The van der Waals surface area contributed by atoms with Gasteiger partial charge in [-0.05, 0) is 54.3 Å². The average molecular weight is 417 g/mol. The van der Waals surface area contributed by atoms with Crippen LogP contribution in [-0.4, -0.2) is 26.6 Å². The fourth-order valence-corrected chi connectivity index (χ4v) is 3.98. The maximum Gasteiger partial charge on any atom is 0.230 e. The van der Waals surface area contributed by atoms with Crippen LogP contribution < -0.4 is 5.32 Å². The second kappa shape index (κ2) is 9.13. The first-order valence-electron chi connectivity index (χ1n) is 9.88. The molecule has 30 heavy (non-hydrogen) atoms. The number of pyridine rings is 1. The third-order valence-corrected chi connectivity index (χ3v) is 6.04. The molecular weight excluding hydrogens is 392 g/mol. The van der Waals surface area contributed by atoms with Crippen molar-refractivity contribution in [3.63, 3.8) is 0 Å². The topological polar surface area (TPSA) is 70.7 Å². The lowest BCUT2D eigenvalue weighted by molar-refractivity contribution is -0.118. The highest BCUT2D eigenvalue weighted by Gasteiger charge is 2.08. The van der Waals surface area contributed by atoms with Gasteiger partial charge >= 0.3 is 0 Å². The summed E-state index contributed by atoms with van der Waals surface area (Å²) in [6.07, 6.45) is 3.58. The number of amides is 1. The molecule has 5 nitrogen and oxygen atoms in total. The standard InChI is InChI=1S/C24H24N4OS/c1-16-10-21-22(11-17(16)2)28-24(27-21)20-7-5-18(6-8-20)13-26-23(29)15-30-14-19-4-3-9-25-12-19/h3-12H,13-15H2,1-2H3,(H,26,29)(H,27,28). The number of imidazole rings is 1. The molecule has 0 aliphatic carbocycles. The van der Waals surface area contributed by atoms with Crippen LogP contribution >= 0.6 is 11.8 Å². The lowest BCUT2D eigenvalue weighted by Crippen LogP contribution is -2.24. The predicted molar refractivity (Wildman–Crippen MR) is 123 cm³/mol. The van der Waals surface area contributed by atoms with Crippen LogP contribution in [0.3, 0.4) is 0 Å². The van der Waals surface area contributed by atoms with Crippen molar-refractivity contribution in [3.8, 4) is 11.4 Å². The van der Waals surface area contributed by atoms with E-state index in [0.29, 0.717) is 12.3 Å². The fraction of sp³-hybridized carbons (Fsp3) is 0.208. The quantitative estimate of drug-likeness (QED) is 0.454. The van der Waals surface area contributed by atoms with Crippen molar-refractivity contribution in [3.05, 3.63) is 83.2 Å². The Balaban J connectivity index is 1.31. The lowest BCUT2D eigenvalue weighted by Gasteiger charge is -2.06. The minimum Gasteiger partial charge on any atom is -0.351 e. The molecule has 1 amide bonds. The zero-order chi connectivity index (χ0) is 20.9. The van der Waals surface area contributed by atoms with Crippen molar-refractivity contribution in [2.45, 2.75) is 26.1 Å². The van der Waals surface area contributed by atoms with Crippen molar-refractivity contribution in [2.75, 3.05) is 5.75 Å². The Hall–Kier alpha value is -3.12. The van der Waals surface area contributed by atoms with Crippen LogP contribution in [0.25, 0.3) is 22.4 Å². The summed E-state index contributed by atoms with van der Waals surface area (Å²) in [4.78, 5) is 24.3. The van der Waals surface area contributed by atoms with Crippen LogP contribution in [0, 0.1) is 13.8 Å². The van der Waals surface area contributed by atoms with Gasteiger partial charge in [0.2, 0.25) is 5.91 Å². The van der Waals surface area contributed by atoms with Gasteiger partial charge in [-0.25, -0.2) is 4.98 Å². The Bertz CT molecular complexity index is 1110. The van der Waals surface area contributed by atoms with E-state index in [1.165, 1.54) is 11.1 Å². The van der Waals surface area contributed by atoms with Crippen molar-refractivity contribution in [2.24, 2.45) is 0 Å². The van der Waals surface area contributed by atoms with Gasteiger partial charge < -0.3 is 10.3 Å². The van der Waals surface area contributed by atoms with Crippen LogP contribution in [0.1, 0.15) is 22.3 Å². The monoisotopic (exact) mass is 416 g/mol. The molecule has 4 aromatic rings. The number of fused-ring (bicyclic) bond motifs is 1. The average Bonchev–Trinajstić information content (AvgIpc) is 3.16. The number of nitrogens with zero attached hydrogens (tertiary/aromatic N) is 2. The highest BCUT2D eigenvalue weighted by molar-refractivity contribution is 7.99. The second-order valence-corrected chi connectivity index (χ2v) is 8.35. The molecule has 0 radical (unpaired) electrons. The summed E-state index contributed by atoms with van der Waals surface area (Å²) in [5.74, 6) is 2.12. The van der Waals surface area contributed by atoms with Crippen LogP contribution in [-0.2, 0) is 17.1 Å². The molecule has 0 aliphatic heterocycles. The van der Waals surface area contributed by atoms with Crippen molar-refractivity contribution >= 4 is 28.7 Å². The maximum absolute atomic E-state index is 12.1. The summed E-state index contributed by atoms with van der Waals surface area (Å²) in [5, 5.41) is 2.98. The number of aromatic nitrogens is 3. The Labute approximate surface area is 180 Å². The summed E-state index contributed by atoms with van der Waals surface area (Å²) in [6, 6.07) is 16.3. The number of rotatable bonds is 7. The van der Waals surface area contributed by atoms with Crippen LogP contribution in [0.15, 0.2) is 60.9 Å². The number of carbonyl (C=O) groups excluding carboxylic acids is 1. The summed E-state index contributed by atoms with van der Waals surface area (Å²) >= 11 is 1.59. The molecule has 2 N–H and O–H groups in total. The summed E-state index contributed by atoms with van der Waals surface area (Å²) < 4.78 is 0. The van der Waals surface area contributed by atoms with Gasteiger partial charge in [0.1, 0.15) is 5.82 Å². The molecule has 6 heteroatoms. The number of aromatic amines is 1. The van der Waals surface area contributed by atoms with Crippen LogP contribution in [0.5, 0.6) is 0 Å². The summed E-state index contributed by atoms with van der Waals surface area (Å²) in [5.41, 5.74) is 7.74. The molecule has 2 aromatic carbocycles. The van der Waals surface area contributed by atoms with E-state index in [2.05, 4.69) is 41.3 Å². The zero-order valence-electron chi connectivity index (χ0n) is 17.1. The molecule has 2 aromatic heterocycles. The van der Waals surface area contributed by atoms with E-state index in [4.69, 9.17) is 4.98 Å². The molecule has 0 aliphatic rings. The first-order valence-corrected chi connectivity index (χ1v) is 11.0. The van der Waals surface area contributed by atoms with E-state index in [1.807, 2.05) is 42.6 Å². The zero-order valence-corrected chi connectivity index (χ0v) is 17.9. The number of carbonyl (C=O) groups is 1. The molecule has 0 fully saturated rings. The summed E-state index contributed by atoms with van der Waals surface area (Å²) in [7, 11) is 0. The molecular formula is C24H24N4OS. The van der Waals surface area contributed by atoms with Crippen molar-refractivity contribution < 1.29 is 4.79 Å². The van der Waals surface area contributed by atoms with E-state index in [9.17, 15) is 4.79 Å². The van der Waals surface area contributed by atoms with E-state index in [0.717, 1.165) is 39.3 Å². The largest absolute Gasteiger partial charge is 0.351 e. The molecule has 0 unspecified atom stereocenters. The van der Waals surface area contributed by atoms with E-state index in [1.54, 1.807) is 18.0 Å². The molecule has 0 bridgehead atoms. The number of aryl methyl sites for hydroxylation is 2. The summed E-state index contributed by atoms with van der Waals surface area (Å²) in [6.45, 7) is 4.73. The highest BCUT2D eigenvalue weighted by Crippen LogP contribution is 2.23. The smallest absolute Gasteiger partial charge is 0.230 e. The highest BCUT2D eigenvalue weighted by atomic mass is 32.2. The Morgan fingerprint density at radius 2 is 1.87 bits per heavy atom. The molecule has 0 saturated heterocycles. The van der Waals surface area contributed by atoms with Crippen molar-refractivity contribution in [1.29, 1.82) is 0 Å². The minimum atomic E-state index is 0.0380. The first-order chi connectivity index (χ1) is 14.6. The van der Waals surface area contributed by atoms with Gasteiger partial charge in [0.15, 0.2) is 0 Å². The normalized spacial score (nSPS) is 11.0. The van der Waals surface area contributed by atoms with Gasteiger partial charge in [-0.2, -0.15) is 0 Å². The number of thioether (sulfide) groups is 1. The van der Waals surface area contributed by atoms with Crippen molar-refractivity contribution in [1.82, 2.24) is 20.3 Å². The Morgan fingerprint density at radius 1 is 1.07 bits per heavy atom. The SMILES string of the molecule is Cc1cc2nc(-c3ccc(CNC(=O)CSCc4cccnc4)cc3)[nH]c2cc1C. The molecule has 0 spiro atoms. The van der Waals surface area contributed by atoms with E-state index >= 15 is 0 Å². The van der Waals surface area contributed by atoms with Gasteiger partial charge in [0.05, 0.1) is 16.8 Å². The molecule has 2 heterocycles. The van der Waals surface area contributed by atoms with Gasteiger partial charge in [0, 0.05) is 30.3 Å². The maximum atomic E-state index is 12.1. The second-order valence-electron chi connectivity index (χ2n) is 7.37. The van der Waals surface area contributed by atoms with Gasteiger partial charge in [-0.1, -0.05) is 30.3 Å². The first kappa shape index (κ1) is 20.2. The minimum absolute atomic E-state index is 0.0380. The Kier molecular flexibility index (Phi) is 6.14. The number of benzene rings is 2. The van der Waals surface area contributed by atoms with Crippen LogP contribution in [0.4, 0.5) is 0 Å². The Morgan fingerprint density at radius 3 is 2.63 bits per heavy atom. The third kappa shape index (κ3) is 4.89. The molecule has 0 atom stereocenters. The fourth-order valence-electron chi connectivity index (χ4n) is 3.18. The van der Waals surface area contributed by atoms with Gasteiger partial charge in [-0.15, -0.1) is 11.8 Å². The van der Waals surface area contributed by atoms with Gasteiger partial charge in [0.25, 0.3) is 0 Å². The number of hydrogen-bond acceptors (Lipinski definition) is 4.